The topological polar surface area (TPSA) is 57.5 Å². The molecule has 0 radical (unpaired) electrons. The van der Waals surface area contributed by atoms with Crippen molar-refractivity contribution in [2.24, 2.45) is 4.99 Å². The lowest BCUT2D eigenvalue weighted by atomic mass is 10.1. The van der Waals surface area contributed by atoms with E-state index in [2.05, 4.69) is 93.6 Å². The number of nitrogens with one attached hydrogen (secondary N) is 2. The van der Waals surface area contributed by atoms with Crippen molar-refractivity contribution >= 4 is 41.0 Å². The van der Waals surface area contributed by atoms with E-state index in [4.69, 9.17) is 0 Å². The molecule has 0 bridgehead atoms. The Kier molecular flexibility index (Phi) is 9.58. The predicted octanol–water partition coefficient (Wildman–Crippen LogP) is 3.78. The van der Waals surface area contributed by atoms with Gasteiger partial charge in [0.2, 0.25) is 0 Å². The zero-order valence-electron chi connectivity index (χ0n) is 18.4. The van der Waals surface area contributed by atoms with Crippen LogP contribution in [-0.4, -0.2) is 48.1 Å². The summed E-state index contributed by atoms with van der Waals surface area (Å²) in [6.45, 7) is 5.54. The first-order valence-corrected chi connectivity index (χ1v) is 10.2. The number of aryl methyl sites for hydroxylation is 2. The Morgan fingerprint density at radius 3 is 2.47 bits per heavy atom. The summed E-state index contributed by atoms with van der Waals surface area (Å²) in [6, 6.07) is 16.8. The van der Waals surface area contributed by atoms with Gasteiger partial charge >= 0.3 is 0 Å². The summed E-state index contributed by atoms with van der Waals surface area (Å²) in [5.74, 6) is 1.89. The number of para-hydroxylation sites is 2. The van der Waals surface area contributed by atoms with Crippen LogP contribution in [0.3, 0.4) is 0 Å². The van der Waals surface area contributed by atoms with Gasteiger partial charge in [-0.15, -0.1) is 24.0 Å². The van der Waals surface area contributed by atoms with Crippen LogP contribution < -0.4 is 10.6 Å². The number of aliphatic imine (C=N–C) groups is 1. The Labute approximate surface area is 196 Å². The van der Waals surface area contributed by atoms with Gasteiger partial charge in [0.25, 0.3) is 0 Å². The van der Waals surface area contributed by atoms with E-state index < -0.39 is 0 Å². The second-order valence-electron chi connectivity index (χ2n) is 7.51. The third kappa shape index (κ3) is 6.43. The van der Waals surface area contributed by atoms with Crippen LogP contribution in [-0.2, 0) is 19.6 Å². The van der Waals surface area contributed by atoms with E-state index in [-0.39, 0.29) is 24.0 Å². The zero-order chi connectivity index (χ0) is 20.6. The highest BCUT2D eigenvalue weighted by atomic mass is 127. The fourth-order valence-corrected chi connectivity index (χ4v) is 3.55. The van der Waals surface area contributed by atoms with Crippen LogP contribution in [0.25, 0.3) is 11.0 Å². The predicted molar refractivity (Wildman–Crippen MR) is 137 cm³/mol. The molecule has 0 aliphatic heterocycles. The SMILES string of the molecule is CN=C(NCCCn1c(C)nc2ccccc21)NCc1ccccc1CN(C)C.I. The third-order valence-corrected chi connectivity index (χ3v) is 4.97. The first kappa shape index (κ1) is 24.1. The Hall–Kier alpha value is -2.13. The maximum Gasteiger partial charge on any atom is 0.191 e. The molecule has 30 heavy (non-hydrogen) atoms. The van der Waals surface area contributed by atoms with Crippen LogP contribution >= 0.6 is 24.0 Å². The molecule has 0 aliphatic rings. The molecule has 2 aromatic carbocycles. The first-order valence-electron chi connectivity index (χ1n) is 10.2. The molecule has 0 amide bonds. The number of rotatable bonds is 8. The van der Waals surface area contributed by atoms with Crippen molar-refractivity contribution in [1.29, 1.82) is 0 Å². The van der Waals surface area contributed by atoms with Crippen molar-refractivity contribution in [3.05, 3.63) is 65.5 Å². The molecule has 0 fully saturated rings. The molecule has 0 unspecified atom stereocenters. The lowest BCUT2D eigenvalue weighted by Crippen LogP contribution is -2.37. The van der Waals surface area contributed by atoms with E-state index in [1.165, 1.54) is 16.6 Å². The van der Waals surface area contributed by atoms with Gasteiger partial charge < -0.3 is 20.1 Å². The highest BCUT2D eigenvalue weighted by Gasteiger charge is 2.07. The van der Waals surface area contributed by atoms with Crippen LogP contribution in [0.2, 0.25) is 0 Å². The average molecular weight is 520 g/mol. The van der Waals surface area contributed by atoms with Crippen LogP contribution in [0.15, 0.2) is 53.5 Å². The van der Waals surface area contributed by atoms with Crippen LogP contribution in [0, 0.1) is 6.92 Å². The Morgan fingerprint density at radius 1 is 1.03 bits per heavy atom. The molecule has 3 rings (SSSR count). The maximum atomic E-state index is 4.64. The highest BCUT2D eigenvalue weighted by Crippen LogP contribution is 2.15. The fourth-order valence-electron chi connectivity index (χ4n) is 3.55. The molecule has 3 aromatic rings. The van der Waals surface area contributed by atoms with Crippen molar-refractivity contribution in [3.8, 4) is 0 Å². The molecule has 2 N–H and O–H groups in total. The van der Waals surface area contributed by atoms with E-state index in [1.807, 2.05) is 13.1 Å². The maximum absolute atomic E-state index is 4.64. The van der Waals surface area contributed by atoms with Crippen molar-refractivity contribution < 1.29 is 0 Å². The van der Waals surface area contributed by atoms with E-state index in [1.54, 1.807) is 0 Å². The molecule has 6 nitrogen and oxygen atoms in total. The lowest BCUT2D eigenvalue weighted by Gasteiger charge is -2.16. The summed E-state index contributed by atoms with van der Waals surface area (Å²) in [5.41, 5.74) is 4.89. The molecule has 162 valence electrons. The van der Waals surface area contributed by atoms with E-state index in [0.29, 0.717) is 0 Å². The smallest absolute Gasteiger partial charge is 0.191 e. The standard InChI is InChI=1S/C23H32N6.HI/c1-18-27-21-12-7-8-13-22(21)29(18)15-9-14-25-23(24-2)26-16-19-10-5-6-11-20(19)17-28(3)4;/h5-8,10-13H,9,14-17H2,1-4H3,(H2,24,25,26);1H. The zero-order valence-corrected chi connectivity index (χ0v) is 20.7. The number of benzene rings is 2. The van der Waals surface area contributed by atoms with E-state index >= 15 is 0 Å². The molecule has 0 saturated carbocycles. The molecule has 1 aromatic heterocycles. The third-order valence-electron chi connectivity index (χ3n) is 4.97. The minimum absolute atomic E-state index is 0. The largest absolute Gasteiger partial charge is 0.356 e. The average Bonchev–Trinajstić information content (AvgIpc) is 3.03. The number of halogens is 1. The fraction of sp³-hybridized carbons (Fsp3) is 0.391. The molecular formula is C23H33IN6. The minimum atomic E-state index is 0. The molecular weight excluding hydrogens is 487 g/mol. The molecule has 0 aliphatic carbocycles. The summed E-state index contributed by atoms with van der Waals surface area (Å²) in [5, 5.41) is 6.86. The van der Waals surface area contributed by atoms with Gasteiger partial charge in [-0.3, -0.25) is 4.99 Å². The lowest BCUT2D eigenvalue weighted by molar-refractivity contribution is 0.400. The highest BCUT2D eigenvalue weighted by molar-refractivity contribution is 14.0. The summed E-state index contributed by atoms with van der Waals surface area (Å²) in [6.07, 6.45) is 0.999. The monoisotopic (exact) mass is 520 g/mol. The summed E-state index contributed by atoms with van der Waals surface area (Å²) in [4.78, 5) is 11.2. The minimum Gasteiger partial charge on any atom is -0.356 e. The van der Waals surface area contributed by atoms with Crippen LogP contribution in [0.5, 0.6) is 0 Å². The van der Waals surface area contributed by atoms with Gasteiger partial charge in [0.1, 0.15) is 5.82 Å². The second-order valence-corrected chi connectivity index (χ2v) is 7.51. The number of nitrogens with zero attached hydrogens (tertiary/aromatic N) is 4. The number of aromatic nitrogens is 2. The van der Waals surface area contributed by atoms with Crippen LogP contribution in [0.1, 0.15) is 23.4 Å². The number of hydrogen-bond donors (Lipinski definition) is 2. The van der Waals surface area contributed by atoms with Gasteiger partial charge in [-0.05, 0) is 50.7 Å². The van der Waals surface area contributed by atoms with Crippen LogP contribution in [0.4, 0.5) is 0 Å². The normalized spacial score (nSPS) is 11.6. The van der Waals surface area contributed by atoms with Crippen molar-refractivity contribution in [2.75, 3.05) is 27.7 Å². The Balaban J connectivity index is 0.00000320. The first-order chi connectivity index (χ1) is 14.1. The second kappa shape index (κ2) is 11.9. The van der Waals surface area contributed by atoms with Crippen molar-refractivity contribution in [3.63, 3.8) is 0 Å². The number of fused-ring (bicyclic) bond motifs is 1. The van der Waals surface area contributed by atoms with Gasteiger partial charge in [0, 0.05) is 33.2 Å². The number of hydrogen-bond acceptors (Lipinski definition) is 3. The molecule has 7 heteroatoms. The van der Waals surface area contributed by atoms with Gasteiger partial charge in [0.05, 0.1) is 11.0 Å². The van der Waals surface area contributed by atoms with E-state index in [0.717, 1.165) is 49.9 Å². The van der Waals surface area contributed by atoms with Crippen molar-refractivity contribution in [1.82, 2.24) is 25.1 Å². The van der Waals surface area contributed by atoms with Gasteiger partial charge in [-0.2, -0.15) is 0 Å². The quantitative estimate of drug-likeness (QED) is 0.206. The molecule has 1 heterocycles. The van der Waals surface area contributed by atoms with Crippen molar-refractivity contribution in [2.45, 2.75) is 33.0 Å². The summed E-state index contributed by atoms with van der Waals surface area (Å²) < 4.78 is 2.28. The van der Waals surface area contributed by atoms with Gasteiger partial charge in [0.15, 0.2) is 5.96 Å². The summed E-state index contributed by atoms with van der Waals surface area (Å²) >= 11 is 0. The number of guanidine groups is 1. The van der Waals surface area contributed by atoms with Gasteiger partial charge in [-0.25, -0.2) is 4.98 Å². The molecule has 0 spiro atoms. The molecule has 0 atom stereocenters. The Morgan fingerprint density at radius 2 is 1.73 bits per heavy atom. The number of imidazole rings is 1. The van der Waals surface area contributed by atoms with Gasteiger partial charge in [-0.1, -0.05) is 36.4 Å². The van der Waals surface area contributed by atoms with E-state index in [9.17, 15) is 0 Å². The summed E-state index contributed by atoms with van der Waals surface area (Å²) in [7, 11) is 6.00. The molecule has 0 saturated heterocycles. The Bertz CT molecular complexity index is 963.